The van der Waals surface area contributed by atoms with Gasteiger partial charge in [0.05, 0.1) is 4.91 Å². The van der Waals surface area contributed by atoms with Gasteiger partial charge in [0.15, 0.2) is 0 Å². The van der Waals surface area contributed by atoms with Crippen LogP contribution in [0.15, 0.2) is 53.4 Å². The average molecular weight is 473 g/mol. The van der Waals surface area contributed by atoms with Crippen molar-refractivity contribution in [2.45, 2.75) is 43.4 Å². The standard InChI is InChI=1S/C25H26ClFN2O2S/c26-19-11-9-17(10-12-19)13-14-28-24(30)16-29-21-7-3-4-8-22(21)32-23(25(29)31)15-18-5-1-2-6-20(18)27/h1-2,5-6,9-12,15,21-22H,3-4,7-8,13-14,16H2,(H,28,30)/b23-15-. The van der Waals surface area contributed by atoms with E-state index < -0.39 is 0 Å². The predicted octanol–water partition coefficient (Wildman–Crippen LogP) is 5.07. The molecule has 0 radical (unpaired) electrons. The van der Waals surface area contributed by atoms with E-state index in [0.29, 0.717) is 28.5 Å². The second-order valence-corrected chi connectivity index (χ2v) is 9.92. The van der Waals surface area contributed by atoms with Gasteiger partial charge in [0, 0.05) is 28.4 Å². The Morgan fingerprint density at radius 2 is 1.91 bits per heavy atom. The molecule has 1 saturated heterocycles. The largest absolute Gasteiger partial charge is 0.354 e. The van der Waals surface area contributed by atoms with E-state index in [-0.39, 0.29) is 35.5 Å². The normalized spacial score (nSPS) is 22.0. The average Bonchev–Trinajstić information content (AvgIpc) is 2.79. The number of fused-ring (bicyclic) bond motifs is 1. The van der Waals surface area contributed by atoms with Crippen molar-refractivity contribution in [3.05, 3.63) is 75.4 Å². The van der Waals surface area contributed by atoms with Crippen molar-refractivity contribution in [3.8, 4) is 0 Å². The van der Waals surface area contributed by atoms with Crippen LogP contribution >= 0.6 is 23.4 Å². The van der Waals surface area contributed by atoms with E-state index in [0.717, 1.165) is 31.2 Å². The topological polar surface area (TPSA) is 49.4 Å². The Labute approximate surface area is 197 Å². The van der Waals surface area contributed by atoms with Gasteiger partial charge in [0.2, 0.25) is 5.91 Å². The van der Waals surface area contributed by atoms with Gasteiger partial charge in [-0.05, 0) is 49.1 Å². The fraction of sp³-hybridized carbons (Fsp3) is 0.360. The minimum atomic E-state index is -0.356. The van der Waals surface area contributed by atoms with E-state index in [1.165, 1.54) is 17.8 Å². The number of halogens is 2. The quantitative estimate of drug-likeness (QED) is 0.597. The van der Waals surface area contributed by atoms with Gasteiger partial charge >= 0.3 is 0 Å². The number of hydrogen-bond donors (Lipinski definition) is 1. The molecule has 4 nitrogen and oxygen atoms in total. The third-order valence-corrected chi connectivity index (χ3v) is 7.62. The molecule has 0 spiro atoms. The third-order valence-electron chi connectivity index (χ3n) is 5.97. The zero-order valence-electron chi connectivity index (χ0n) is 17.7. The van der Waals surface area contributed by atoms with Crippen molar-refractivity contribution >= 4 is 41.3 Å². The molecule has 4 rings (SSSR count). The fourth-order valence-electron chi connectivity index (χ4n) is 4.30. The van der Waals surface area contributed by atoms with Crippen LogP contribution in [0.2, 0.25) is 5.02 Å². The molecule has 1 N–H and O–H groups in total. The molecule has 1 heterocycles. The molecule has 1 saturated carbocycles. The maximum atomic E-state index is 14.2. The highest BCUT2D eigenvalue weighted by Gasteiger charge is 2.41. The van der Waals surface area contributed by atoms with Crippen molar-refractivity contribution in [2.75, 3.05) is 13.1 Å². The SMILES string of the molecule is O=C(CN1C(=O)/C(=C/c2ccccc2F)SC2CCCCC21)NCCc1ccc(Cl)cc1. The first-order valence-electron chi connectivity index (χ1n) is 11.0. The van der Waals surface area contributed by atoms with E-state index in [1.54, 1.807) is 29.2 Å². The summed E-state index contributed by atoms with van der Waals surface area (Å²) in [6.07, 6.45) is 6.36. The van der Waals surface area contributed by atoms with Gasteiger partial charge in [0.1, 0.15) is 12.4 Å². The van der Waals surface area contributed by atoms with E-state index in [4.69, 9.17) is 11.6 Å². The van der Waals surface area contributed by atoms with E-state index in [9.17, 15) is 14.0 Å². The summed E-state index contributed by atoms with van der Waals surface area (Å²) in [5.41, 5.74) is 1.48. The molecule has 2 unspecified atom stereocenters. The summed E-state index contributed by atoms with van der Waals surface area (Å²) < 4.78 is 14.2. The van der Waals surface area contributed by atoms with E-state index >= 15 is 0 Å². The first-order chi connectivity index (χ1) is 15.5. The van der Waals surface area contributed by atoms with Crippen molar-refractivity contribution in [3.63, 3.8) is 0 Å². The minimum absolute atomic E-state index is 0.0236. The van der Waals surface area contributed by atoms with Crippen LogP contribution in [0.5, 0.6) is 0 Å². The Morgan fingerprint density at radius 1 is 1.16 bits per heavy atom. The number of amides is 2. The predicted molar refractivity (Wildman–Crippen MR) is 128 cm³/mol. The molecule has 1 aliphatic carbocycles. The van der Waals surface area contributed by atoms with Crippen LogP contribution in [0.3, 0.4) is 0 Å². The Balaban J connectivity index is 1.44. The molecule has 32 heavy (non-hydrogen) atoms. The lowest BCUT2D eigenvalue weighted by Gasteiger charge is -2.43. The van der Waals surface area contributed by atoms with Gasteiger partial charge in [-0.15, -0.1) is 11.8 Å². The van der Waals surface area contributed by atoms with Gasteiger partial charge in [-0.1, -0.05) is 54.8 Å². The lowest BCUT2D eigenvalue weighted by atomic mass is 9.93. The molecule has 0 bridgehead atoms. The molecule has 7 heteroatoms. The molecular weight excluding hydrogens is 447 g/mol. The lowest BCUT2D eigenvalue weighted by molar-refractivity contribution is -0.135. The fourth-order valence-corrected chi connectivity index (χ4v) is 5.89. The third kappa shape index (κ3) is 5.54. The van der Waals surface area contributed by atoms with Gasteiger partial charge in [-0.3, -0.25) is 9.59 Å². The summed E-state index contributed by atoms with van der Waals surface area (Å²) in [6, 6.07) is 14.0. The van der Waals surface area contributed by atoms with Crippen LogP contribution in [-0.4, -0.2) is 41.1 Å². The van der Waals surface area contributed by atoms with Gasteiger partial charge in [-0.25, -0.2) is 4.39 Å². The number of nitrogens with zero attached hydrogens (tertiary/aromatic N) is 1. The Morgan fingerprint density at radius 3 is 2.69 bits per heavy atom. The van der Waals surface area contributed by atoms with Gasteiger partial charge < -0.3 is 10.2 Å². The van der Waals surface area contributed by atoms with Crippen LogP contribution in [0, 0.1) is 5.82 Å². The van der Waals surface area contributed by atoms with E-state index in [1.807, 2.05) is 24.3 Å². The maximum absolute atomic E-state index is 14.2. The van der Waals surface area contributed by atoms with Crippen LogP contribution in [0.25, 0.3) is 6.08 Å². The first kappa shape index (κ1) is 22.9. The molecule has 168 valence electrons. The second-order valence-electron chi connectivity index (χ2n) is 8.20. The van der Waals surface area contributed by atoms with E-state index in [2.05, 4.69) is 5.32 Å². The number of benzene rings is 2. The van der Waals surface area contributed by atoms with Crippen molar-refractivity contribution in [2.24, 2.45) is 0 Å². The molecular formula is C25H26ClFN2O2S. The van der Waals surface area contributed by atoms with Crippen molar-refractivity contribution < 1.29 is 14.0 Å². The second kappa shape index (κ2) is 10.5. The van der Waals surface area contributed by atoms with Crippen LogP contribution in [0.1, 0.15) is 36.8 Å². The summed E-state index contributed by atoms with van der Waals surface area (Å²) in [6.45, 7) is 0.513. The van der Waals surface area contributed by atoms with Crippen molar-refractivity contribution in [1.82, 2.24) is 10.2 Å². The molecule has 2 aliphatic rings. The minimum Gasteiger partial charge on any atom is -0.354 e. The molecule has 2 fully saturated rings. The summed E-state index contributed by atoms with van der Waals surface area (Å²) in [7, 11) is 0. The summed E-state index contributed by atoms with van der Waals surface area (Å²) in [5.74, 6) is -0.714. The molecule has 2 atom stereocenters. The maximum Gasteiger partial charge on any atom is 0.261 e. The smallest absolute Gasteiger partial charge is 0.261 e. The van der Waals surface area contributed by atoms with Crippen LogP contribution in [0.4, 0.5) is 4.39 Å². The lowest BCUT2D eigenvalue weighted by Crippen LogP contribution is -2.54. The Hall–Kier alpha value is -2.31. The molecule has 2 aromatic rings. The number of carbonyl (C=O) groups excluding carboxylic acids is 2. The zero-order chi connectivity index (χ0) is 22.5. The highest BCUT2D eigenvalue weighted by atomic mass is 35.5. The highest BCUT2D eigenvalue weighted by molar-refractivity contribution is 8.04. The molecule has 0 aromatic heterocycles. The van der Waals surface area contributed by atoms with Crippen molar-refractivity contribution in [1.29, 1.82) is 0 Å². The summed E-state index contributed by atoms with van der Waals surface area (Å²) in [5, 5.41) is 3.85. The number of nitrogens with one attached hydrogen (secondary N) is 1. The summed E-state index contributed by atoms with van der Waals surface area (Å²) >= 11 is 7.45. The molecule has 1 aliphatic heterocycles. The molecule has 2 aromatic carbocycles. The number of hydrogen-bond acceptors (Lipinski definition) is 3. The van der Waals surface area contributed by atoms with Gasteiger partial charge in [-0.2, -0.15) is 0 Å². The zero-order valence-corrected chi connectivity index (χ0v) is 19.3. The van der Waals surface area contributed by atoms with Crippen LogP contribution < -0.4 is 5.32 Å². The highest BCUT2D eigenvalue weighted by Crippen LogP contribution is 2.42. The summed E-state index contributed by atoms with van der Waals surface area (Å²) in [4.78, 5) is 28.2. The Kier molecular flexibility index (Phi) is 7.53. The Bertz CT molecular complexity index is 1010. The van der Waals surface area contributed by atoms with Gasteiger partial charge in [0.25, 0.3) is 5.91 Å². The first-order valence-corrected chi connectivity index (χ1v) is 12.2. The number of thioether (sulfide) groups is 1. The number of carbonyl (C=O) groups is 2. The number of rotatable bonds is 6. The van der Waals surface area contributed by atoms with Crippen LogP contribution in [-0.2, 0) is 16.0 Å². The monoisotopic (exact) mass is 472 g/mol. The molecule has 2 amide bonds.